The van der Waals surface area contributed by atoms with Crippen LogP contribution in [0.4, 0.5) is 19.0 Å². The van der Waals surface area contributed by atoms with Gasteiger partial charge in [-0.2, -0.15) is 13.2 Å². The maximum absolute atomic E-state index is 12.8. The number of hydrogen-bond donors (Lipinski definition) is 1. The van der Waals surface area contributed by atoms with Crippen LogP contribution >= 0.6 is 0 Å². The Bertz CT molecular complexity index is 426. The molecule has 0 radical (unpaired) electrons. The minimum absolute atomic E-state index is 0.0143. The first-order valence-corrected chi connectivity index (χ1v) is 6.09. The normalized spacial score (nSPS) is 23.1. The summed E-state index contributed by atoms with van der Waals surface area (Å²) in [6.07, 6.45) is -0.0164. The van der Waals surface area contributed by atoms with Gasteiger partial charge in [0, 0.05) is 12.2 Å². The SMILES string of the molecule is CC1(C)CCCC1Nc1ncccc1C(F)(F)F. The number of aromatic nitrogens is 1. The fraction of sp³-hybridized carbons (Fsp3) is 0.615. The van der Waals surface area contributed by atoms with Crippen molar-refractivity contribution in [2.45, 2.75) is 45.3 Å². The quantitative estimate of drug-likeness (QED) is 0.864. The Balaban J connectivity index is 2.25. The van der Waals surface area contributed by atoms with E-state index in [4.69, 9.17) is 0 Å². The fourth-order valence-corrected chi connectivity index (χ4v) is 2.51. The molecule has 0 spiro atoms. The van der Waals surface area contributed by atoms with E-state index in [0.717, 1.165) is 25.3 Å². The molecule has 1 aromatic heterocycles. The van der Waals surface area contributed by atoms with Gasteiger partial charge in [0.15, 0.2) is 0 Å². The molecular formula is C13H17F3N2. The zero-order valence-electron chi connectivity index (χ0n) is 10.5. The van der Waals surface area contributed by atoms with Crippen molar-refractivity contribution in [3.63, 3.8) is 0 Å². The van der Waals surface area contributed by atoms with E-state index in [2.05, 4.69) is 24.1 Å². The summed E-state index contributed by atoms with van der Waals surface area (Å²) in [5, 5.41) is 2.98. The van der Waals surface area contributed by atoms with Crippen LogP contribution in [0.1, 0.15) is 38.7 Å². The molecular weight excluding hydrogens is 241 g/mol. The Labute approximate surface area is 105 Å². The predicted octanol–water partition coefficient (Wildman–Crippen LogP) is 4.09. The van der Waals surface area contributed by atoms with Crippen molar-refractivity contribution < 1.29 is 13.2 Å². The van der Waals surface area contributed by atoms with Crippen molar-refractivity contribution >= 4 is 5.82 Å². The van der Waals surface area contributed by atoms with Crippen LogP contribution in [0.3, 0.4) is 0 Å². The van der Waals surface area contributed by atoms with E-state index in [1.54, 1.807) is 0 Å². The molecule has 1 atom stereocenters. The number of halogens is 3. The summed E-state index contributed by atoms with van der Waals surface area (Å²) in [5.41, 5.74) is -0.673. The van der Waals surface area contributed by atoms with Crippen LogP contribution in [0.25, 0.3) is 0 Å². The largest absolute Gasteiger partial charge is 0.419 e. The average molecular weight is 258 g/mol. The molecule has 1 N–H and O–H groups in total. The van der Waals surface area contributed by atoms with E-state index >= 15 is 0 Å². The number of hydrogen-bond acceptors (Lipinski definition) is 2. The lowest BCUT2D eigenvalue weighted by molar-refractivity contribution is -0.137. The van der Waals surface area contributed by atoms with Gasteiger partial charge in [0.1, 0.15) is 5.82 Å². The Kier molecular flexibility index (Phi) is 3.25. The van der Waals surface area contributed by atoms with E-state index in [9.17, 15) is 13.2 Å². The minimum atomic E-state index is -4.36. The van der Waals surface area contributed by atoms with E-state index < -0.39 is 11.7 Å². The molecule has 2 rings (SSSR count). The second-order valence-corrected chi connectivity index (χ2v) is 5.48. The lowest BCUT2D eigenvalue weighted by Crippen LogP contribution is -2.32. The highest BCUT2D eigenvalue weighted by Gasteiger charge is 2.38. The summed E-state index contributed by atoms with van der Waals surface area (Å²) in [4.78, 5) is 3.84. The first-order chi connectivity index (χ1) is 8.31. The Morgan fingerprint density at radius 3 is 2.67 bits per heavy atom. The first-order valence-electron chi connectivity index (χ1n) is 6.09. The third-order valence-corrected chi connectivity index (χ3v) is 3.68. The van der Waals surface area contributed by atoms with Crippen LogP contribution in [0.2, 0.25) is 0 Å². The van der Waals surface area contributed by atoms with Gasteiger partial charge in [-0.1, -0.05) is 20.3 Å². The summed E-state index contributed by atoms with van der Waals surface area (Å²) < 4.78 is 38.5. The van der Waals surface area contributed by atoms with E-state index in [-0.39, 0.29) is 17.3 Å². The smallest absolute Gasteiger partial charge is 0.366 e. The second-order valence-electron chi connectivity index (χ2n) is 5.48. The fourth-order valence-electron chi connectivity index (χ4n) is 2.51. The summed E-state index contributed by atoms with van der Waals surface area (Å²) in [6.45, 7) is 4.15. The molecule has 0 aromatic carbocycles. The van der Waals surface area contributed by atoms with E-state index in [1.165, 1.54) is 12.3 Å². The first kappa shape index (κ1) is 13.2. The second kappa shape index (κ2) is 4.44. The molecule has 1 aliphatic rings. The third kappa shape index (κ3) is 2.60. The van der Waals surface area contributed by atoms with Crippen LogP contribution in [-0.2, 0) is 6.18 Å². The molecule has 1 heterocycles. The molecule has 0 aliphatic heterocycles. The van der Waals surface area contributed by atoms with Crippen molar-refractivity contribution in [2.24, 2.45) is 5.41 Å². The van der Waals surface area contributed by atoms with Crippen LogP contribution in [0.15, 0.2) is 18.3 Å². The maximum Gasteiger partial charge on any atom is 0.419 e. The number of nitrogens with zero attached hydrogens (tertiary/aromatic N) is 1. The number of rotatable bonds is 2. The van der Waals surface area contributed by atoms with Gasteiger partial charge in [0.05, 0.1) is 5.56 Å². The molecule has 1 fully saturated rings. The van der Waals surface area contributed by atoms with Gasteiger partial charge in [-0.15, -0.1) is 0 Å². The molecule has 1 saturated carbocycles. The lowest BCUT2D eigenvalue weighted by Gasteiger charge is -2.29. The molecule has 1 unspecified atom stereocenters. The van der Waals surface area contributed by atoms with Crippen LogP contribution in [0, 0.1) is 5.41 Å². The van der Waals surface area contributed by atoms with Crippen LogP contribution in [-0.4, -0.2) is 11.0 Å². The molecule has 5 heteroatoms. The standard InChI is InChI=1S/C13H17F3N2/c1-12(2)7-3-6-10(12)18-11-9(13(14,15)16)5-4-8-17-11/h4-5,8,10H,3,6-7H2,1-2H3,(H,17,18). The highest BCUT2D eigenvalue weighted by Crippen LogP contribution is 2.40. The molecule has 0 saturated heterocycles. The molecule has 0 bridgehead atoms. The Morgan fingerprint density at radius 2 is 2.11 bits per heavy atom. The number of pyridine rings is 1. The molecule has 1 aromatic rings. The molecule has 2 nitrogen and oxygen atoms in total. The number of nitrogens with one attached hydrogen (secondary N) is 1. The van der Waals surface area contributed by atoms with Gasteiger partial charge < -0.3 is 5.32 Å². The highest BCUT2D eigenvalue weighted by molar-refractivity contribution is 5.46. The maximum atomic E-state index is 12.8. The molecule has 0 amide bonds. The van der Waals surface area contributed by atoms with Crippen molar-refractivity contribution in [3.05, 3.63) is 23.9 Å². The van der Waals surface area contributed by atoms with Crippen molar-refractivity contribution in [2.75, 3.05) is 5.32 Å². The third-order valence-electron chi connectivity index (χ3n) is 3.68. The average Bonchev–Trinajstić information content (AvgIpc) is 2.58. The Hall–Kier alpha value is -1.26. The number of alkyl halides is 3. The zero-order valence-corrected chi connectivity index (χ0v) is 10.5. The Morgan fingerprint density at radius 1 is 1.39 bits per heavy atom. The lowest BCUT2D eigenvalue weighted by atomic mass is 9.87. The van der Waals surface area contributed by atoms with Crippen molar-refractivity contribution in [1.82, 2.24) is 4.98 Å². The molecule has 1 aliphatic carbocycles. The summed E-state index contributed by atoms with van der Waals surface area (Å²) >= 11 is 0. The minimum Gasteiger partial charge on any atom is -0.366 e. The van der Waals surface area contributed by atoms with E-state index in [0.29, 0.717) is 0 Å². The topological polar surface area (TPSA) is 24.9 Å². The van der Waals surface area contributed by atoms with Crippen molar-refractivity contribution in [1.29, 1.82) is 0 Å². The number of anilines is 1. The van der Waals surface area contributed by atoms with E-state index in [1.807, 2.05) is 0 Å². The predicted molar refractivity (Wildman–Crippen MR) is 64.3 cm³/mol. The molecule has 100 valence electrons. The van der Waals surface area contributed by atoms with Gasteiger partial charge in [-0.05, 0) is 30.4 Å². The monoisotopic (exact) mass is 258 g/mol. The van der Waals surface area contributed by atoms with Crippen LogP contribution < -0.4 is 5.32 Å². The van der Waals surface area contributed by atoms with Gasteiger partial charge in [0.25, 0.3) is 0 Å². The van der Waals surface area contributed by atoms with Gasteiger partial charge in [0.2, 0.25) is 0 Å². The van der Waals surface area contributed by atoms with Gasteiger partial charge >= 0.3 is 6.18 Å². The van der Waals surface area contributed by atoms with Crippen molar-refractivity contribution in [3.8, 4) is 0 Å². The summed E-state index contributed by atoms with van der Waals surface area (Å²) in [5.74, 6) is -0.0509. The van der Waals surface area contributed by atoms with Gasteiger partial charge in [-0.25, -0.2) is 4.98 Å². The van der Waals surface area contributed by atoms with Crippen LogP contribution in [0.5, 0.6) is 0 Å². The zero-order chi connectivity index (χ0) is 13.4. The summed E-state index contributed by atoms with van der Waals surface area (Å²) in [6, 6.07) is 2.43. The molecule has 18 heavy (non-hydrogen) atoms. The van der Waals surface area contributed by atoms with Gasteiger partial charge in [-0.3, -0.25) is 0 Å². The summed E-state index contributed by atoms with van der Waals surface area (Å²) in [7, 11) is 0. The highest BCUT2D eigenvalue weighted by atomic mass is 19.4.